The van der Waals surface area contributed by atoms with E-state index < -0.39 is 0 Å². The highest BCUT2D eigenvalue weighted by molar-refractivity contribution is 5.84. The van der Waals surface area contributed by atoms with Crippen molar-refractivity contribution in [3.8, 4) is 35.2 Å². The van der Waals surface area contributed by atoms with Crippen molar-refractivity contribution in [2.24, 2.45) is 9.98 Å². The van der Waals surface area contributed by atoms with E-state index in [0.29, 0.717) is 13.2 Å². The Labute approximate surface area is 471 Å². The van der Waals surface area contributed by atoms with Crippen molar-refractivity contribution in [3.05, 3.63) is 179 Å². The number of benzene rings is 3. The van der Waals surface area contributed by atoms with Gasteiger partial charge in [-0.15, -0.1) is 0 Å². The van der Waals surface area contributed by atoms with Gasteiger partial charge in [0, 0.05) is 82.7 Å². The third kappa shape index (κ3) is 20.6. The molecule has 0 unspecified atom stereocenters. The standard InChI is InChI=1S/C72H90N4O2/c1-3-5-7-9-11-13-15-17-19-21-23-25-27-33-57-77-69-59-65(49-43-61-39-45-63(46-40-61)71(67-37-35-51-73-67)75-53-29-30-54-75)66(60-70(69)78-58-34-28-26-24-22-20-18-16-14-12-10-8-6-4-2)50-44-62-41-47-64(48-42-62)72(68-38-36-52-74-68)76-55-31-32-56-76/h29-32,35-42,45-48,51-56,59-60H,3-28,33-34,57-58H2,1-2H3/b71-67-,72-68-. The van der Waals surface area contributed by atoms with E-state index in [4.69, 9.17) is 9.47 Å². The largest absolute Gasteiger partial charge is 0.490 e. The second-order valence-electron chi connectivity index (χ2n) is 21.3. The molecule has 2 aliphatic heterocycles. The lowest BCUT2D eigenvalue weighted by atomic mass is 10.0. The van der Waals surface area contributed by atoms with Gasteiger partial charge < -0.3 is 18.6 Å². The Morgan fingerprint density at radius 2 is 0.692 bits per heavy atom. The quantitative estimate of drug-likeness (QED) is 0.0296. The van der Waals surface area contributed by atoms with E-state index in [1.165, 1.54) is 154 Å². The van der Waals surface area contributed by atoms with Crippen LogP contribution in [-0.4, -0.2) is 34.8 Å². The maximum absolute atomic E-state index is 6.68. The Balaban J connectivity index is 1.05. The monoisotopic (exact) mass is 1040 g/mol. The van der Waals surface area contributed by atoms with Gasteiger partial charge in [0.1, 0.15) is 0 Å². The molecule has 0 spiro atoms. The van der Waals surface area contributed by atoms with Crippen LogP contribution in [0.2, 0.25) is 0 Å². The third-order valence-corrected chi connectivity index (χ3v) is 14.9. The average Bonchev–Trinajstić information content (AvgIpc) is 4.36. The van der Waals surface area contributed by atoms with E-state index in [2.05, 4.69) is 142 Å². The van der Waals surface area contributed by atoms with Gasteiger partial charge in [-0.05, 0) is 85.7 Å². The van der Waals surface area contributed by atoms with Crippen LogP contribution in [0, 0.1) is 23.7 Å². The van der Waals surface area contributed by atoms with Crippen LogP contribution < -0.4 is 9.47 Å². The number of hydrogen-bond acceptors (Lipinski definition) is 4. The summed E-state index contributed by atoms with van der Waals surface area (Å²) in [5, 5.41) is 0. The molecule has 410 valence electrons. The van der Waals surface area contributed by atoms with Crippen LogP contribution in [0.25, 0.3) is 11.4 Å². The van der Waals surface area contributed by atoms with E-state index in [9.17, 15) is 0 Å². The second kappa shape index (κ2) is 35.6. The molecular formula is C72H90N4O2. The van der Waals surface area contributed by atoms with Crippen molar-refractivity contribution >= 4 is 23.8 Å². The fourth-order valence-corrected chi connectivity index (χ4v) is 10.4. The summed E-state index contributed by atoms with van der Waals surface area (Å²) in [6, 6.07) is 29.2. The minimum Gasteiger partial charge on any atom is -0.490 e. The summed E-state index contributed by atoms with van der Waals surface area (Å²) in [4.78, 5) is 9.28. The van der Waals surface area contributed by atoms with Crippen LogP contribution in [0.3, 0.4) is 0 Å². The molecule has 0 saturated heterocycles. The zero-order valence-electron chi connectivity index (χ0n) is 47.7. The molecule has 0 N–H and O–H groups in total. The van der Waals surface area contributed by atoms with Crippen molar-refractivity contribution < 1.29 is 9.47 Å². The molecule has 0 fully saturated rings. The van der Waals surface area contributed by atoms with E-state index >= 15 is 0 Å². The van der Waals surface area contributed by atoms with Gasteiger partial charge in [-0.25, -0.2) is 0 Å². The molecule has 0 amide bonds. The normalized spacial score (nSPS) is 13.7. The van der Waals surface area contributed by atoms with E-state index in [0.717, 1.165) is 93.4 Å². The first kappa shape index (κ1) is 58.9. The highest BCUT2D eigenvalue weighted by Crippen LogP contribution is 2.33. The number of allylic oxidation sites excluding steroid dienone is 4. The molecule has 0 saturated carbocycles. The van der Waals surface area contributed by atoms with Crippen molar-refractivity contribution in [3.63, 3.8) is 0 Å². The Morgan fingerprint density at radius 1 is 0.385 bits per heavy atom. The highest BCUT2D eigenvalue weighted by atomic mass is 16.5. The summed E-state index contributed by atoms with van der Waals surface area (Å²) in [6.45, 7) is 5.87. The Kier molecular flexibility index (Phi) is 26.9. The summed E-state index contributed by atoms with van der Waals surface area (Å²) in [6.07, 6.45) is 57.0. The van der Waals surface area contributed by atoms with Gasteiger partial charge in [0.05, 0.1) is 36.0 Å². The SMILES string of the molecule is CCCCCCCCCCCCCCCCOc1cc(C#Cc2ccc(/C(=C3\C=CC=N3)n3cccc3)cc2)c(C#Cc2ccc(/C(=C3\C=CC=N3)n3cccc3)cc2)cc1OCCCCCCCCCCCCCCCC. The molecule has 6 nitrogen and oxygen atoms in total. The number of nitrogens with zero attached hydrogens (tertiary/aromatic N) is 4. The molecule has 0 bridgehead atoms. The molecular weight excluding hydrogens is 953 g/mol. The molecule has 5 aromatic rings. The molecule has 2 aromatic heterocycles. The lowest BCUT2D eigenvalue weighted by molar-refractivity contribution is 0.258. The van der Waals surface area contributed by atoms with E-state index in [1.54, 1.807) is 0 Å². The molecule has 0 aliphatic carbocycles. The molecule has 0 radical (unpaired) electrons. The van der Waals surface area contributed by atoms with Crippen molar-refractivity contribution in [2.75, 3.05) is 13.2 Å². The fourth-order valence-electron chi connectivity index (χ4n) is 10.4. The number of ether oxygens (including phenoxy) is 2. The summed E-state index contributed by atoms with van der Waals surface area (Å²) in [7, 11) is 0. The number of unbranched alkanes of at least 4 members (excludes halogenated alkanes) is 26. The minimum atomic E-state index is 0.639. The van der Waals surface area contributed by atoms with Crippen LogP contribution in [0.15, 0.2) is 155 Å². The summed E-state index contributed by atoms with van der Waals surface area (Å²) < 4.78 is 17.6. The maximum atomic E-state index is 6.68. The topological polar surface area (TPSA) is 53.0 Å². The van der Waals surface area contributed by atoms with Gasteiger partial charge in [0.25, 0.3) is 0 Å². The lowest BCUT2D eigenvalue weighted by Gasteiger charge is -2.15. The first-order chi connectivity index (χ1) is 38.7. The van der Waals surface area contributed by atoms with Gasteiger partial charge in [0.15, 0.2) is 11.5 Å². The van der Waals surface area contributed by atoms with Crippen LogP contribution in [0.4, 0.5) is 0 Å². The predicted octanol–water partition coefficient (Wildman–Crippen LogP) is 19.5. The van der Waals surface area contributed by atoms with Gasteiger partial charge in [-0.2, -0.15) is 0 Å². The van der Waals surface area contributed by atoms with Gasteiger partial charge in [-0.1, -0.05) is 229 Å². The maximum Gasteiger partial charge on any atom is 0.162 e. The predicted molar refractivity (Wildman–Crippen MR) is 332 cm³/mol. The second-order valence-corrected chi connectivity index (χ2v) is 21.3. The first-order valence-corrected chi connectivity index (χ1v) is 30.6. The molecule has 4 heterocycles. The molecule has 0 atom stereocenters. The minimum absolute atomic E-state index is 0.639. The van der Waals surface area contributed by atoms with Crippen LogP contribution >= 0.6 is 0 Å². The summed E-state index contributed by atoms with van der Waals surface area (Å²) in [5.74, 6) is 15.6. The first-order valence-electron chi connectivity index (χ1n) is 30.6. The van der Waals surface area contributed by atoms with Crippen LogP contribution in [0.1, 0.15) is 227 Å². The fraction of sp³-hybridized carbons (Fsp3) is 0.444. The van der Waals surface area contributed by atoms with Gasteiger partial charge in [-0.3, -0.25) is 9.98 Å². The Morgan fingerprint density at radius 3 is 0.987 bits per heavy atom. The van der Waals surface area contributed by atoms with Crippen molar-refractivity contribution in [1.29, 1.82) is 0 Å². The third-order valence-electron chi connectivity index (χ3n) is 14.9. The molecule has 2 aliphatic rings. The summed E-state index contributed by atoms with van der Waals surface area (Å²) in [5.41, 5.74) is 9.49. The number of aromatic nitrogens is 2. The molecule has 6 heteroatoms. The molecule has 3 aromatic carbocycles. The van der Waals surface area contributed by atoms with Crippen LogP contribution in [-0.2, 0) is 0 Å². The Hall–Kier alpha value is -6.76. The summed E-state index contributed by atoms with van der Waals surface area (Å²) >= 11 is 0. The lowest BCUT2D eigenvalue weighted by Crippen LogP contribution is -2.04. The zero-order chi connectivity index (χ0) is 53.9. The number of aliphatic imine (C=N–C) groups is 2. The Bertz CT molecular complexity index is 2590. The smallest absolute Gasteiger partial charge is 0.162 e. The zero-order valence-corrected chi connectivity index (χ0v) is 47.7. The van der Waals surface area contributed by atoms with Crippen LogP contribution in [0.5, 0.6) is 11.5 Å². The van der Waals surface area contributed by atoms with Crippen molar-refractivity contribution in [1.82, 2.24) is 9.13 Å². The van der Waals surface area contributed by atoms with E-state index in [-0.39, 0.29) is 0 Å². The van der Waals surface area contributed by atoms with E-state index in [1.807, 2.05) is 61.0 Å². The van der Waals surface area contributed by atoms with Crippen molar-refractivity contribution in [2.45, 2.75) is 194 Å². The van der Waals surface area contributed by atoms with Gasteiger partial charge in [0.2, 0.25) is 0 Å². The average molecular weight is 1040 g/mol. The number of rotatable bonds is 36. The number of hydrogen-bond donors (Lipinski definition) is 0. The molecule has 7 rings (SSSR count). The molecule has 78 heavy (non-hydrogen) atoms. The van der Waals surface area contributed by atoms with Gasteiger partial charge >= 0.3 is 0 Å². The highest BCUT2D eigenvalue weighted by Gasteiger charge is 2.15.